The number of rotatable bonds is 1. The molecule has 1 aromatic rings. The van der Waals surface area contributed by atoms with E-state index in [1.165, 1.54) is 25.8 Å². The van der Waals surface area contributed by atoms with Gasteiger partial charge in [0.15, 0.2) is 5.82 Å². The van der Waals surface area contributed by atoms with Crippen LogP contribution in [0.2, 0.25) is 0 Å². The van der Waals surface area contributed by atoms with Crippen LogP contribution in [0.4, 0.5) is 5.82 Å². The van der Waals surface area contributed by atoms with Crippen molar-refractivity contribution >= 4 is 5.82 Å². The molecular formula is C15H21N5. The first-order valence-corrected chi connectivity index (χ1v) is 7.43. The van der Waals surface area contributed by atoms with E-state index in [0.717, 1.165) is 36.7 Å². The second-order valence-corrected chi connectivity index (χ2v) is 5.85. The zero-order chi connectivity index (χ0) is 14.1. The van der Waals surface area contributed by atoms with Gasteiger partial charge in [0.1, 0.15) is 11.6 Å². The number of nitriles is 1. The van der Waals surface area contributed by atoms with Crippen molar-refractivity contribution in [2.24, 2.45) is 0 Å². The topological polar surface area (TPSA) is 56.1 Å². The number of aryl methyl sites for hydroxylation is 1. The summed E-state index contributed by atoms with van der Waals surface area (Å²) in [6.45, 7) is 8.09. The van der Waals surface area contributed by atoms with Crippen LogP contribution in [0.15, 0.2) is 0 Å². The van der Waals surface area contributed by atoms with E-state index in [2.05, 4.69) is 26.1 Å². The molecule has 0 amide bonds. The Morgan fingerprint density at radius 2 is 2.00 bits per heavy atom. The highest BCUT2D eigenvalue weighted by Crippen LogP contribution is 2.27. The molecule has 2 fully saturated rings. The van der Waals surface area contributed by atoms with E-state index in [1.807, 2.05) is 13.8 Å². The van der Waals surface area contributed by atoms with Crippen LogP contribution < -0.4 is 4.90 Å². The van der Waals surface area contributed by atoms with Crippen LogP contribution in [0, 0.1) is 25.2 Å². The molecule has 3 rings (SSSR count). The van der Waals surface area contributed by atoms with Gasteiger partial charge < -0.3 is 4.90 Å². The van der Waals surface area contributed by atoms with E-state index < -0.39 is 0 Å². The Labute approximate surface area is 120 Å². The summed E-state index contributed by atoms with van der Waals surface area (Å²) in [5.74, 6) is 0.779. The van der Waals surface area contributed by atoms with E-state index in [-0.39, 0.29) is 0 Å². The summed E-state index contributed by atoms with van der Waals surface area (Å²) in [5, 5.41) is 17.9. The van der Waals surface area contributed by atoms with Crippen molar-refractivity contribution in [3.8, 4) is 6.07 Å². The van der Waals surface area contributed by atoms with Crippen LogP contribution in [-0.4, -0.2) is 47.3 Å². The first-order chi connectivity index (χ1) is 9.70. The van der Waals surface area contributed by atoms with E-state index in [1.54, 1.807) is 0 Å². The summed E-state index contributed by atoms with van der Waals surface area (Å²) in [7, 11) is 0. The maximum absolute atomic E-state index is 9.43. The lowest BCUT2D eigenvalue weighted by Gasteiger charge is -2.44. The van der Waals surface area contributed by atoms with Crippen molar-refractivity contribution in [2.45, 2.75) is 39.2 Å². The van der Waals surface area contributed by atoms with Crippen molar-refractivity contribution in [1.82, 2.24) is 15.1 Å². The standard InChI is InChI=1S/C15H21N5/c1-11-12(2)17-18-15(14(11)9-16)20-8-7-19-6-4-3-5-13(19)10-20/h13H,3-8,10H2,1-2H3. The smallest absolute Gasteiger partial charge is 0.169 e. The molecule has 5 heteroatoms. The van der Waals surface area contributed by atoms with Crippen molar-refractivity contribution in [3.63, 3.8) is 0 Å². The van der Waals surface area contributed by atoms with Gasteiger partial charge in [0, 0.05) is 25.7 Å². The van der Waals surface area contributed by atoms with Crippen molar-refractivity contribution in [3.05, 3.63) is 16.8 Å². The Morgan fingerprint density at radius 1 is 1.15 bits per heavy atom. The molecule has 2 aliphatic rings. The van der Waals surface area contributed by atoms with Crippen LogP contribution >= 0.6 is 0 Å². The first-order valence-electron chi connectivity index (χ1n) is 7.43. The van der Waals surface area contributed by atoms with Crippen molar-refractivity contribution in [2.75, 3.05) is 31.1 Å². The summed E-state index contributed by atoms with van der Waals surface area (Å²) < 4.78 is 0. The average molecular weight is 271 g/mol. The second-order valence-electron chi connectivity index (χ2n) is 5.85. The van der Waals surface area contributed by atoms with Crippen LogP contribution in [0.25, 0.3) is 0 Å². The van der Waals surface area contributed by atoms with Crippen LogP contribution in [0.1, 0.15) is 36.1 Å². The summed E-state index contributed by atoms with van der Waals surface area (Å²) in [6.07, 6.45) is 3.90. The van der Waals surface area contributed by atoms with Gasteiger partial charge in [0.05, 0.1) is 5.69 Å². The van der Waals surface area contributed by atoms with Crippen LogP contribution in [0.3, 0.4) is 0 Å². The molecule has 20 heavy (non-hydrogen) atoms. The van der Waals surface area contributed by atoms with Gasteiger partial charge in [-0.25, -0.2) is 0 Å². The summed E-state index contributed by atoms with van der Waals surface area (Å²) in [5.41, 5.74) is 2.51. The van der Waals surface area contributed by atoms with Gasteiger partial charge in [-0.05, 0) is 38.8 Å². The summed E-state index contributed by atoms with van der Waals surface area (Å²) in [4.78, 5) is 4.84. The van der Waals surface area contributed by atoms with Gasteiger partial charge in [0.25, 0.3) is 0 Å². The molecule has 2 aliphatic heterocycles. The van der Waals surface area contributed by atoms with Gasteiger partial charge in [0.2, 0.25) is 0 Å². The fourth-order valence-electron chi connectivity index (χ4n) is 3.30. The molecule has 1 atom stereocenters. The molecule has 0 aromatic carbocycles. The Balaban J connectivity index is 1.87. The minimum absolute atomic E-state index is 0.618. The Kier molecular flexibility index (Phi) is 3.58. The molecule has 0 bridgehead atoms. The second kappa shape index (κ2) is 5.37. The zero-order valence-corrected chi connectivity index (χ0v) is 12.3. The molecule has 0 saturated carbocycles. The number of anilines is 1. The SMILES string of the molecule is Cc1nnc(N2CCN3CCCCC3C2)c(C#N)c1C. The predicted molar refractivity (Wildman–Crippen MR) is 77.6 cm³/mol. The van der Waals surface area contributed by atoms with Crippen molar-refractivity contribution in [1.29, 1.82) is 5.26 Å². The molecule has 0 aliphatic carbocycles. The van der Waals surface area contributed by atoms with Gasteiger partial charge in [-0.2, -0.15) is 10.4 Å². The van der Waals surface area contributed by atoms with Gasteiger partial charge in [-0.1, -0.05) is 6.42 Å². The number of piperidine rings is 1. The lowest BCUT2D eigenvalue weighted by atomic mass is 9.99. The lowest BCUT2D eigenvalue weighted by Crippen LogP contribution is -2.55. The number of piperazine rings is 1. The van der Waals surface area contributed by atoms with E-state index >= 15 is 0 Å². The predicted octanol–water partition coefficient (Wildman–Crippen LogP) is 1.64. The largest absolute Gasteiger partial charge is 0.351 e. The highest BCUT2D eigenvalue weighted by molar-refractivity contribution is 5.57. The molecule has 5 nitrogen and oxygen atoms in total. The quantitative estimate of drug-likeness (QED) is 0.777. The molecule has 2 saturated heterocycles. The Hall–Kier alpha value is -1.67. The van der Waals surface area contributed by atoms with Gasteiger partial charge in [-0.15, -0.1) is 5.10 Å². The maximum Gasteiger partial charge on any atom is 0.169 e. The molecule has 3 heterocycles. The normalized spacial score (nSPS) is 23.2. The summed E-state index contributed by atoms with van der Waals surface area (Å²) >= 11 is 0. The third-order valence-electron chi connectivity index (χ3n) is 4.68. The van der Waals surface area contributed by atoms with Gasteiger partial charge in [-0.3, -0.25) is 4.90 Å². The minimum Gasteiger partial charge on any atom is -0.351 e. The first kappa shape index (κ1) is 13.3. The molecule has 106 valence electrons. The average Bonchev–Trinajstić information content (AvgIpc) is 2.49. The highest BCUT2D eigenvalue weighted by atomic mass is 15.3. The number of hydrogen-bond acceptors (Lipinski definition) is 5. The summed E-state index contributed by atoms with van der Waals surface area (Å²) in [6, 6.07) is 2.93. The number of hydrogen-bond donors (Lipinski definition) is 0. The van der Waals surface area contributed by atoms with Crippen molar-refractivity contribution < 1.29 is 0 Å². The van der Waals surface area contributed by atoms with Gasteiger partial charge >= 0.3 is 0 Å². The van der Waals surface area contributed by atoms with Crippen LogP contribution in [0.5, 0.6) is 0 Å². The molecule has 1 aromatic heterocycles. The maximum atomic E-state index is 9.43. The number of fused-ring (bicyclic) bond motifs is 1. The molecule has 0 spiro atoms. The highest BCUT2D eigenvalue weighted by Gasteiger charge is 2.30. The monoisotopic (exact) mass is 271 g/mol. The Morgan fingerprint density at radius 3 is 2.80 bits per heavy atom. The van der Waals surface area contributed by atoms with Crippen LogP contribution in [-0.2, 0) is 0 Å². The molecular weight excluding hydrogens is 250 g/mol. The number of aromatic nitrogens is 2. The Bertz CT molecular complexity index is 548. The fraction of sp³-hybridized carbons (Fsp3) is 0.667. The minimum atomic E-state index is 0.618. The molecule has 1 unspecified atom stereocenters. The third kappa shape index (κ3) is 2.25. The lowest BCUT2D eigenvalue weighted by molar-refractivity contribution is 0.133. The fourth-order valence-corrected chi connectivity index (χ4v) is 3.30. The van der Waals surface area contributed by atoms with E-state index in [9.17, 15) is 5.26 Å². The van der Waals surface area contributed by atoms with E-state index in [4.69, 9.17) is 0 Å². The third-order valence-corrected chi connectivity index (χ3v) is 4.68. The molecule has 0 radical (unpaired) electrons. The zero-order valence-electron chi connectivity index (χ0n) is 12.3. The van der Waals surface area contributed by atoms with E-state index in [0.29, 0.717) is 11.6 Å². The number of nitrogens with zero attached hydrogens (tertiary/aromatic N) is 5. The molecule has 0 N–H and O–H groups in total.